The molecule has 2 aromatic rings. The van der Waals surface area contributed by atoms with Gasteiger partial charge in [0, 0.05) is 24.0 Å². The van der Waals surface area contributed by atoms with Crippen molar-refractivity contribution < 1.29 is 4.74 Å². The van der Waals surface area contributed by atoms with Crippen molar-refractivity contribution in [2.75, 3.05) is 7.11 Å². The van der Waals surface area contributed by atoms with Gasteiger partial charge in [-0.25, -0.2) is 0 Å². The smallest absolute Gasteiger partial charge is 0.201 e. The lowest BCUT2D eigenvalue weighted by Gasteiger charge is -2.00. The summed E-state index contributed by atoms with van der Waals surface area (Å²) in [5, 5.41) is 2.39. The number of aromatic nitrogens is 1. The Kier molecular flexibility index (Phi) is 1.54. The molecule has 2 nitrogen and oxygen atoms in total. The molecule has 2 rings (SSSR count). The Bertz CT molecular complexity index is 403. The molecule has 1 aromatic heterocycles. The van der Waals surface area contributed by atoms with E-state index in [-0.39, 0.29) is 0 Å². The van der Waals surface area contributed by atoms with Crippen LogP contribution in [0.4, 0.5) is 0 Å². The Morgan fingerprint density at radius 2 is 2.00 bits per heavy atom. The molecule has 0 unspecified atom stereocenters. The van der Waals surface area contributed by atoms with E-state index < -0.39 is 0 Å². The van der Waals surface area contributed by atoms with Gasteiger partial charge in [0.1, 0.15) is 0 Å². The lowest BCUT2D eigenvalue weighted by Crippen LogP contribution is -1.90. The Morgan fingerprint density at radius 3 is 2.75 bits per heavy atom. The third-order valence-corrected chi connectivity index (χ3v) is 2.04. The first kappa shape index (κ1) is 7.22. The van der Waals surface area contributed by atoms with Crippen LogP contribution in [0.5, 0.6) is 5.88 Å². The summed E-state index contributed by atoms with van der Waals surface area (Å²) in [6.45, 7) is 0. The van der Waals surface area contributed by atoms with Gasteiger partial charge in [0.2, 0.25) is 5.88 Å². The summed E-state index contributed by atoms with van der Waals surface area (Å²) >= 11 is 0. The minimum Gasteiger partial charge on any atom is -0.482 e. The summed E-state index contributed by atoms with van der Waals surface area (Å²) in [7, 11) is 3.68. The van der Waals surface area contributed by atoms with Gasteiger partial charge in [-0.15, -0.1) is 0 Å². The van der Waals surface area contributed by atoms with E-state index in [0.717, 1.165) is 5.88 Å². The zero-order valence-corrected chi connectivity index (χ0v) is 7.24. The summed E-state index contributed by atoms with van der Waals surface area (Å²) in [5.74, 6) is 0.922. The first-order valence-electron chi connectivity index (χ1n) is 3.91. The van der Waals surface area contributed by atoms with Crippen molar-refractivity contribution in [3.05, 3.63) is 30.5 Å². The van der Waals surface area contributed by atoms with E-state index in [4.69, 9.17) is 4.74 Å². The molecule has 0 saturated heterocycles. The van der Waals surface area contributed by atoms with Gasteiger partial charge in [0.25, 0.3) is 0 Å². The van der Waals surface area contributed by atoms with Crippen LogP contribution in [0.2, 0.25) is 0 Å². The maximum absolute atomic E-state index is 5.26. The Hall–Kier alpha value is -1.44. The number of hydrogen-bond acceptors (Lipinski definition) is 1. The van der Waals surface area contributed by atoms with Crippen molar-refractivity contribution in [3.63, 3.8) is 0 Å². The molecular formula is C10H11NO. The van der Waals surface area contributed by atoms with Crippen LogP contribution in [0, 0.1) is 0 Å². The van der Waals surface area contributed by atoms with E-state index in [2.05, 4.69) is 18.3 Å². The minimum absolute atomic E-state index is 0.922. The zero-order chi connectivity index (χ0) is 8.55. The van der Waals surface area contributed by atoms with Gasteiger partial charge in [-0.1, -0.05) is 18.2 Å². The number of methoxy groups -OCH3 is 1. The van der Waals surface area contributed by atoms with Crippen molar-refractivity contribution in [2.45, 2.75) is 0 Å². The molecule has 2 heteroatoms. The molecule has 0 atom stereocenters. The third kappa shape index (κ3) is 0.881. The zero-order valence-electron chi connectivity index (χ0n) is 7.24. The molecule has 62 valence electrons. The first-order chi connectivity index (χ1) is 5.83. The van der Waals surface area contributed by atoms with Crippen molar-refractivity contribution in [1.29, 1.82) is 0 Å². The second-order valence-electron chi connectivity index (χ2n) is 2.84. The molecule has 0 bridgehead atoms. The predicted molar refractivity (Wildman–Crippen MR) is 49.5 cm³/mol. The Labute approximate surface area is 71.4 Å². The minimum atomic E-state index is 0.922. The highest BCUT2D eigenvalue weighted by Crippen LogP contribution is 2.26. The molecule has 0 aliphatic heterocycles. The van der Waals surface area contributed by atoms with Crippen molar-refractivity contribution >= 4 is 10.8 Å². The first-order valence-corrected chi connectivity index (χ1v) is 3.91. The van der Waals surface area contributed by atoms with E-state index in [1.54, 1.807) is 7.11 Å². The summed E-state index contributed by atoms with van der Waals surface area (Å²) in [4.78, 5) is 0. The number of aryl methyl sites for hydroxylation is 1. The van der Waals surface area contributed by atoms with E-state index in [9.17, 15) is 0 Å². The number of benzene rings is 1. The molecule has 1 aromatic carbocycles. The molecule has 0 aliphatic rings. The number of nitrogens with zero attached hydrogens (tertiary/aromatic N) is 1. The molecule has 0 saturated carbocycles. The highest BCUT2D eigenvalue weighted by molar-refractivity contribution is 5.87. The highest BCUT2D eigenvalue weighted by Gasteiger charge is 2.04. The lowest BCUT2D eigenvalue weighted by atomic mass is 10.2. The quantitative estimate of drug-likeness (QED) is 0.625. The van der Waals surface area contributed by atoms with E-state index >= 15 is 0 Å². The molecule has 0 amide bonds. The monoisotopic (exact) mass is 161 g/mol. The molecular weight excluding hydrogens is 150 g/mol. The van der Waals surface area contributed by atoms with Crippen LogP contribution in [0.3, 0.4) is 0 Å². The van der Waals surface area contributed by atoms with Gasteiger partial charge in [0.15, 0.2) is 0 Å². The SMILES string of the molecule is COc1c2ccccc2cn1C. The molecule has 0 spiro atoms. The number of fused-ring (bicyclic) bond motifs is 1. The van der Waals surface area contributed by atoms with Gasteiger partial charge >= 0.3 is 0 Å². The fourth-order valence-corrected chi connectivity index (χ4v) is 1.52. The molecule has 0 radical (unpaired) electrons. The van der Waals surface area contributed by atoms with Gasteiger partial charge in [-0.05, 0) is 6.07 Å². The summed E-state index contributed by atoms with van der Waals surface area (Å²) in [6.07, 6.45) is 2.06. The molecule has 0 N–H and O–H groups in total. The normalized spacial score (nSPS) is 10.5. The molecule has 1 heterocycles. The Morgan fingerprint density at radius 1 is 1.25 bits per heavy atom. The molecule has 0 aliphatic carbocycles. The van der Waals surface area contributed by atoms with Crippen LogP contribution in [0.15, 0.2) is 30.5 Å². The summed E-state index contributed by atoms with van der Waals surface area (Å²) < 4.78 is 7.25. The number of hydrogen-bond donors (Lipinski definition) is 0. The van der Waals surface area contributed by atoms with Crippen LogP contribution in [-0.2, 0) is 7.05 Å². The van der Waals surface area contributed by atoms with Crippen molar-refractivity contribution in [3.8, 4) is 5.88 Å². The Balaban J connectivity index is 2.81. The second-order valence-corrected chi connectivity index (χ2v) is 2.84. The van der Waals surface area contributed by atoms with Gasteiger partial charge < -0.3 is 9.30 Å². The van der Waals surface area contributed by atoms with Gasteiger partial charge in [0.05, 0.1) is 7.11 Å². The highest BCUT2D eigenvalue weighted by atomic mass is 16.5. The van der Waals surface area contributed by atoms with Crippen LogP contribution in [0.25, 0.3) is 10.8 Å². The fourth-order valence-electron chi connectivity index (χ4n) is 1.52. The topological polar surface area (TPSA) is 14.2 Å². The molecule has 0 fully saturated rings. The fraction of sp³-hybridized carbons (Fsp3) is 0.200. The van der Waals surface area contributed by atoms with Gasteiger partial charge in [-0.2, -0.15) is 0 Å². The number of ether oxygens (including phenoxy) is 1. The molecule has 12 heavy (non-hydrogen) atoms. The van der Waals surface area contributed by atoms with E-state index in [1.165, 1.54) is 10.8 Å². The largest absolute Gasteiger partial charge is 0.482 e. The lowest BCUT2D eigenvalue weighted by molar-refractivity contribution is 0.387. The second kappa shape index (κ2) is 2.55. The average Bonchev–Trinajstić information content (AvgIpc) is 2.40. The maximum atomic E-state index is 5.26. The summed E-state index contributed by atoms with van der Waals surface area (Å²) in [6, 6.07) is 8.19. The van der Waals surface area contributed by atoms with E-state index in [1.807, 2.05) is 23.7 Å². The van der Waals surface area contributed by atoms with Crippen molar-refractivity contribution in [2.24, 2.45) is 7.05 Å². The van der Waals surface area contributed by atoms with Crippen LogP contribution in [-0.4, -0.2) is 11.7 Å². The summed E-state index contributed by atoms with van der Waals surface area (Å²) in [5.41, 5.74) is 0. The van der Waals surface area contributed by atoms with Gasteiger partial charge in [-0.3, -0.25) is 0 Å². The van der Waals surface area contributed by atoms with Crippen LogP contribution < -0.4 is 4.74 Å². The van der Waals surface area contributed by atoms with E-state index in [0.29, 0.717) is 0 Å². The standard InChI is InChI=1S/C10H11NO/c1-11-7-8-5-3-4-6-9(8)10(11)12-2/h3-7H,1-2H3. The predicted octanol–water partition coefficient (Wildman–Crippen LogP) is 2.19. The third-order valence-electron chi connectivity index (χ3n) is 2.04. The number of rotatable bonds is 1. The van der Waals surface area contributed by atoms with Crippen LogP contribution in [0.1, 0.15) is 0 Å². The van der Waals surface area contributed by atoms with Crippen molar-refractivity contribution in [1.82, 2.24) is 4.57 Å². The maximum Gasteiger partial charge on any atom is 0.201 e. The van der Waals surface area contributed by atoms with Crippen LogP contribution >= 0.6 is 0 Å². The average molecular weight is 161 g/mol.